The average molecular weight is 468 g/mol. The molecule has 0 spiro atoms. The van der Waals surface area contributed by atoms with Gasteiger partial charge < -0.3 is 4.74 Å². The standard InChI is InChI=1S/C24H25N3O3S2/c1-3-4-8-18-12-14-19(15-13-18)32(28,29)26-24-17-20(23-11-7-16-31-23)25-27(24)21-9-5-6-10-22(21)30-2/h5-7,9-17,26H,3-4,8H2,1-2H3. The van der Waals surface area contributed by atoms with Gasteiger partial charge in [0.15, 0.2) is 0 Å². The van der Waals surface area contributed by atoms with Crippen LogP contribution in [0.2, 0.25) is 0 Å². The van der Waals surface area contributed by atoms with Crippen molar-refractivity contribution in [2.75, 3.05) is 11.8 Å². The zero-order valence-corrected chi connectivity index (χ0v) is 19.6. The number of methoxy groups -OCH3 is 1. The highest BCUT2D eigenvalue weighted by Crippen LogP contribution is 2.32. The van der Waals surface area contributed by atoms with Gasteiger partial charge in [0.25, 0.3) is 10.0 Å². The molecule has 0 saturated heterocycles. The van der Waals surface area contributed by atoms with Crippen LogP contribution < -0.4 is 9.46 Å². The molecule has 166 valence electrons. The maximum atomic E-state index is 13.2. The molecule has 0 bridgehead atoms. The Morgan fingerprint density at radius 3 is 2.53 bits per heavy atom. The van der Waals surface area contributed by atoms with E-state index >= 15 is 0 Å². The summed E-state index contributed by atoms with van der Waals surface area (Å²) in [5, 5.41) is 6.64. The van der Waals surface area contributed by atoms with Gasteiger partial charge in [0.05, 0.1) is 16.9 Å². The highest BCUT2D eigenvalue weighted by molar-refractivity contribution is 7.92. The smallest absolute Gasteiger partial charge is 0.263 e. The molecule has 2 heterocycles. The number of sulfonamides is 1. The minimum atomic E-state index is -3.80. The first kappa shape index (κ1) is 22.1. The van der Waals surface area contributed by atoms with Crippen molar-refractivity contribution in [2.24, 2.45) is 0 Å². The number of nitrogens with zero attached hydrogens (tertiary/aromatic N) is 2. The molecular weight excluding hydrogens is 442 g/mol. The molecule has 2 aromatic carbocycles. The Morgan fingerprint density at radius 2 is 1.84 bits per heavy atom. The van der Waals surface area contributed by atoms with E-state index in [0.717, 1.165) is 29.7 Å². The van der Waals surface area contributed by atoms with Crippen LogP contribution >= 0.6 is 11.3 Å². The molecule has 0 saturated carbocycles. The van der Waals surface area contributed by atoms with Gasteiger partial charge in [0, 0.05) is 6.07 Å². The molecule has 4 aromatic rings. The number of hydrogen-bond acceptors (Lipinski definition) is 5. The summed E-state index contributed by atoms with van der Waals surface area (Å²) in [6, 6.07) is 20.0. The van der Waals surface area contributed by atoms with Crippen LogP contribution in [0, 0.1) is 0 Å². The van der Waals surface area contributed by atoms with Gasteiger partial charge >= 0.3 is 0 Å². The molecule has 0 radical (unpaired) electrons. The molecule has 0 fully saturated rings. The van der Waals surface area contributed by atoms with E-state index in [4.69, 9.17) is 4.74 Å². The molecule has 0 atom stereocenters. The van der Waals surface area contributed by atoms with Gasteiger partial charge in [-0.2, -0.15) is 5.10 Å². The third kappa shape index (κ3) is 4.71. The van der Waals surface area contributed by atoms with Gasteiger partial charge in [-0.1, -0.05) is 43.7 Å². The predicted molar refractivity (Wildman–Crippen MR) is 129 cm³/mol. The first-order valence-corrected chi connectivity index (χ1v) is 12.8. The van der Waals surface area contributed by atoms with Crippen molar-refractivity contribution < 1.29 is 13.2 Å². The number of nitrogens with one attached hydrogen (secondary N) is 1. The second-order valence-corrected chi connectivity index (χ2v) is 9.96. The predicted octanol–water partition coefficient (Wildman–Crippen LogP) is 5.75. The average Bonchev–Trinajstić information content (AvgIpc) is 3.48. The maximum Gasteiger partial charge on any atom is 0.263 e. The van der Waals surface area contributed by atoms with E-state index in [1.54, 1.807) is 41.3 Å². The van der Waals surface area contributed by atoms with E-state index in [0.29, 0.717) is 22.9 Å². The number of hydrogen-bond donors (Lipinski definition) is 1. The second-order valence-electron chi connectivity index (χ2n) is 7.33. The zero-order valence-electron chi connectivity index (χ0n) is 18.0. The number of benzene rings is 2. The van der Waals surface area contributed by atoms with E-state index in [2.05, 4.69) is 16.7 Å². The molecule has 0 aliphatic carbocycles. The Labute approximate surface area is 192 Å². The van der Waals surface area contributed by atoms with E-state index in [1.807, 2.05) is 53.9 Å². The van der Waals surface area contributed by atoms with Crippen LogP contribution in [0.15, 0.2) is 77.0 Å². The highest BCUT2D eigenvalue weighted by Gasteiger charge is 2.21. The van der Waals surface area contributed by atoms with Gasteiger partial charge in [-0.25, -0.2) is 13.1 Å². The summed E-state index contributed by atoms with van der Waals surface area (Å²) >= 11 is 1.54. The monoisotopic (exact) mass is 467 g/mol. The molecule has 1 N–H and O–H groups in total. The molecule has 6 nitrogen and oxygen atoms in total. The van der Waals surface area contributed by atoms with Crippen molar-refractivity contribution in [2.45, 2.75) is 31.1 Å². The fraction of sp³-hybridized carbons (Fsp3) is 0.208. The van der Waals surface area contributed by atoms with E-state index < -0.39 is 10.0 Å². The number of anilines is 1. The van der Waals surface area contributed by atoms with Crippen molar-refractivity contribution in [1.29, 1.82) is 0 Å². The molecule has 0 amide bonds. The zero-order chi connectivity index (χ0) is 22.6. The molecule has 8 heteroatoms. The van der Waals surface area contributed by atoms with Crippen molar-refractivity contribution in [3.63, 3.8) is 0 Å². The number of unbranched alkanes of at least 4 members (excludes halogenated alkanes) is 1. The van der Waals surface area contributed by atoms with Crippen LogP contribution in [-0.2, 0) is 16.4 Å². The van der Waals surface area contributed by atoms with Crippen molar-refractivity contribution >= 4 is 27.2 Å². The largest absolute Gasteiger partial charge is 0.494 e. The summed E-state index contributed by atoms with van der Waals surface area (Å²) in [7, 11) is -2.23. The maximum absolute atomic E-state index is 13.2. The second kappa shape index (κ2) is 9.58. The number of ether oxygens (including phenoxy) is 1. The van der Waals surface area contributed by atoms with E-state index in [9.17, 15) is 8.42 Å². The summed E-state index contributed by atoms with van der Waals surface area (Å²) in [5.74, 6) is 0.932. The van der Waals surface area contributed by atoms with Crippen molar-refractivity contribution in [3.05, 3.63) is 77.7 Å². The summed E-state index contributed by atoms with van der Waals surface area (Å²) in [6.07, 6.45) is 3.12. The number of aryl methyl sites for hydroxylation is 1. The molecule has 4 rings (SSSR count). The molecular formula is C24H25N3O3S2. The first-order chi connectivity index (χ1) is 15.5. The number of aromatic nitrogens is 2. The van der Waals surface area contributed by atoms with Crippen LogP contribution in [0.25, 0.3) is 16.3 Å². The third-order valence-electron chi connectivity index (χ3n) is 5.09. The van der Waals surface area contributed by atoms with Gasteiger partial charge in [-0.05, 0) is 54.1 Å². The van der Waals surface area contributed by atoms with Gasteiger partial charge in [0.1, 0.15) is 22.9 Å². The molecule has 0 aliphatic heterocycles. The minimum absolute atomic E-state index is 0.211. The lowest BCUT2D eigenvalue weighted by atomic mass is 10.1. The molecule has 0 unspecified atom stereocenters. The number of rotatable bonds is 9. The SMILES string of the molecule is CCCCc1ccc(S(=O)(=O)Nc2cc(-c3cccs3)nn2-c2ccccc2OC)cc1. The Morgan fingerprint density at radius 1 is 1.06 bits per heavy atom. The van der Waals surface area contributed by atoms with Gasteiger partial charge in [0.2, 0.25) is 0 Å². The molecule has 2 aromatic heterocycles. The lowest BCUT2D eigenvalue weighted by molar-refractivity contribution is 0.412. The number of para-hydroxylation sites is 2. The Balaban J connectivity index is 1.72. The van der Waals surface area contributed by atoms with Crippen LogP contribution in [0.5, 0.6) is 5.75 Å². The summed E-state index contributed by atoms with van der Waals surface area (Å²) < 4.78 is 36.1. The van der Waals surface area contributed by atoms with Crippen molar-refractivity contribution in [1.82, 2.24) is 9.78 Å². The first-order valence-electron chi connectivity index (χ1n) is 10.4. The fourth-order valence-corrected chi connectivity index (χ4v) is 5.11. The van der Waals surface area contributed by atoms with Crippen LogP contribution in [0.3, 0.4) is 0 Å². The third-order valence-corrected chi connectivity index (χ3v) is 7.35. The van der Waals surface area contributed by atoms with E-state index in [1.165, 1.54) is 0 Å². The topological polar surface area (TPSA) is 73.2 Å². The molecule has 32 heavy (non-hydrogen) atoms. The minimum Gasteiger partial charge on any atom is -0.494 e. The highest BCUT2D eigenvalue weighted by atomic mass is 32.2. The summed E-state index contributed by atoms with van der Waals surface area (Å²) in [4.78, 5) is 1.16. The van der Waals surface area contributed by atoms with Crippen molar-refractivity contribution in [3.8, 4) is 22.0 Å². The van der Waals surface area contributed by atoms with Crippen LogP contribution in [0.1, 0.15) is 25.3 Å². The lowest BCUT2D eigenvalue weighted by Gasteiger charge is -2.13. The summed E-state index contributed by atoms with van der Waals surface area (Å²) in [6.45, 7) is 2.14. The Hall–Kier alpha value is -3.10. The fourth-order valence-electron chi connectivity index (χ4n) is 3.40. The quantitative estimate of drug-likeness (QED) is 0.340. The number of thiophene rings is 1. The van der Waals surface area contributed by atoms with Crippen LogP contribution in [-0.4, -0.2) is 25.3 Å². The van der Waals surface area contributed by atoms with Crippen LogP contribution in [0.4, 0.5) is 5.82 Å². The van der Waals surface area contributed by atoms with Gasteiger partial charge in [-0.3, -0.25) is 4.72 Å². The summed E-state index contributed by atoms with van der Waals surface area (Å²) in [5.41, 5.74) is 2.45. The van der Waals surface area contributed by atoms with Gasteiger partial charge in [-0.15, -0.1) is 11.3 Å². The Bertz CT molecular complexity index is 1280. The lowest BCUT2D eigenvalue weighted by Crippen LogP contribution is -2.16. The molecule has 0 aliphatic rings. The normalized spacial score (nSPS) is 11.4. The Kier molecular flexibility index (Phi) is 6.62. The van der Waals surface area contributed by atoms with E-state index in [-0.39, 0.29) is 4.90 Å².